The molecular formula is C12H21N3O2S. The summed E-state index contributed by atoms with van der Waals surface area (Å²) in [5.41, 5.74) is 0. The van der Waals surface area contributed by atoms with E-state index in [0.717, 1.165) is 25.3 Å². The summed E-state index contributed by atoms with van der Waals surface area (Å²) in [6.45, 7) is 3.07. The fourth-order valence-corrected chi connectivity index (χ4v) is 3.74. The van der Waals surface area contributed by atoms with E-state index in [4.69, 9.17) is 0 Å². The number of sulfone groups is 1. The first kappa shape index (κ1) is 13.4. The molecule has 0 unspecified atom stereocenters. The molecular weight excluding hydrogens is 250 g/mol. The highest BCUT2D eigenvalue weighted by atomic mass is 32.2. The van der Waals surface area contributed by atoms with E-state index in [9.17, 15) is 8.42 Å². The molecule has 102 valence electrons. The van der Waals surface area contributed by atoms with Crippen molar-refractivity contribution in [1.29, 1.82) is 0 Å². The first-order chi connectivity index (χ1) is 8.62. The number of aromatic nitrogens is 2. The normalized spacial score (nSPS) is 19.8. The average Bonchev–Trinajstić information content (AvgIpc) is 2.78. The van der Waals surface area contributed by atoms with Crippen LogP contribution in [0, 0.1) is 0 Å². The lowest BCUT2D eigenvalue weighted by Crippen LogP contribution is -2.26. The third-order valence-corrected chi connectivity index (χ3v) is 5.12. The van der Waals surface area contributed by atoms with Crippen LogP contribution in [0.25, 0.3) is 0 Å². The Kier molecular flexibility index (Phi) is 4.27. The molecule has 0 radical (unpaired) electrons. The van der Waals surface area contributed by atoms with Gasteiger partial charge in [0, 0.05) is 25.0 Å². The topological polar surface area (TPSA) is 64.0 Å². The van der Waals surface area contributed by atoms with Crippen molar-refractivity contribution in [1.82, 2.24) is 9.55 Å². The molecule has 1 saturated heterocycles. The number of anilines is 1. The second-order valence-electron chi connectivity index (χ2n) is 4.82. The molecule has 0 amide bonds. The molecule has 1 N–H and O–H groups in total. The Hall–Kier alpha value is -1.04. The lowest BCUT2D eigenvalue weighted by Gasteiger charge is -2.24. The maximum absolute atomic E-state index is 11.4. The Morgan fingerprint density at radius 1 is 1.44 bits per heavy atom. The van der Waals surface area contributed by atoms with Crippen LogP contribution in [0.15, 0.2) is 12.4 Å². The van der Waals surface area contributed by atoms with Gasteiger partial charge in [0.25, 0.3) is 0 Å². The molecule has 0 saturated carbocycles. The summed E-state index contributed by atoms with van der Waals surface area (Å²) < 4.78 is 24.9. The maximum Gasteiger partial charge on any atom is 0.203 e. The molecule has 18 heavy (non-hydrogen) atoms. The highest BCUT2D eigenvalue weighted by Crippen LogP contribution is 2.26. The minimum atomic E-state index is -2.79. The van der Waals surface area contributed by atoms with Gasteiger partial charge in [-0.15, -0.1) is 0 Å². The van der Waals surface area contributed by atoms with Crippen molar-refractivity contribution in [3.63, 3.8) is 0 Å². The Labute approximate surface area is 109 Å². The number of unbranched alkanes of at least 4 members (excludes halogenated alkanes) is 1. The van der Waals surface area contributed by atoms with Gasteiger partial charge in [-0.3, -0.25) is 0 Å². The average molecular weight is 271 g/mol. The van der Waals surface area contributed by atoms with Crippen LogP contribution in [-0.4, -0.2) is 36.0 Å². The lowest BCUT2D eigenvalue weighted by atomic mass is 10.1. The van der Waals surface area contributed by atoms with Gasteiger partial charge < -0.3 is 9.88 Å². The summed E-state index contributed by atoms with van der Waals surface area (Å²) in [4.78, 5) is 4.30. The molecule has 1 aromatic rings. The fourth-order valence-electron chi connectivity index (χ4n) is 2.28. The van der Waals surface area contributed by atoms with Crippen molar-refractivity contribution in [2.75, 3.05) is 23.4 Å². The molecule has 2 heterocycles. The molecule has 1 aliphatic rings. The molecule has 0 spiro atoms. The van der Waals surface area contributed by atoms with Gasteiger partial charge in [-0.1, -0.05) is 13.3 Å². The second kappa shape index (κ2) is 5.73. The standard InChI is InChI=1S/C12H21N3O2S/c1-2-3-6-13-12-14-7-8-15(12)11-4-9-18(16,17)10-5-11/h7-8,11H,2-6,9-10H2,1H3,(H,13,14). The van der Waals surface area contributed by atoms with Crippen molar-refractivity contribution in [3.8, 4) is 0 Å². The second-order valence-corrected chi connectivity index (χ2v) is 7.13. The molecule has 1 fully saturated rings. The van der Waals surface area contributed by atoms with E-state index >= 15 is 0 Å². The van der Waals surface area contributed by atoms with Crippen molar-refractivity contribution in [2.45, 2.75) is 38.6 Å². The van der Waals surface area contributed by atoms with Gasteiger partial charge in [-0.25, -0.2) is 13.4 Å². The van der Waals surface area contributed by atoms with E-state index in [-0.39, 0.29) is 6.04 Å². The molecule has 2 rings (SSSR count). The summed E-state index contributed by atoms with van der Waals surface area (Å²) in [7, 11) is -2.79. The number of imidazole rings is 1. The van der Waals surface area contributed by atoms with Gasteiger partial charge in [0.15, 0.2) is 0 Å². The molecule has 0 aliphatic carbocycles. The number of nitrogens with zero attached hydrogens (tertiary/aromatic N) is 2. The highest BCUT2D eigenvalue weighted by Gasteiger charge is 2.25. The first-order valence-electron chi connectivity index (χ1n) is 6.59. The van der Waals surface area contributed by atoms with Crippen LogP contribution in [0.3, 0.4) is 0 Å². The number of rotatable bonds is 5. The zero-order valence-electron chi connectivity index (χ0n) is 10.8. The molecule has 1 aromatic heterocycles. The van der Waals surface area contributed by atoms with Crippen molar-refractivity contribution in [3.05, 3.63) is 12.4 Å². The monoisotopic (exact) mass is 271 g/mol. The van der Waals surface area contributed by atoms with Crippen molar-refractivity contribution < 1.29 is 8.42 Å². The van der Waals surface area contributed by atoms with E-state index in [0.29, 0.717) is 24.3 Å². The Morgan fingerprint density at radius 2 is 2.17 bits per heavy atom. The van der Waals surface area contributed by atoms with Crippen LogP contribution in [0.2, 0.25) is 0 Å². The number of nitrogens with one attached hydrogen (secondary N) is 1. The SMILES string of the molecule is CCCCNc1nccn1C1CCS(=O)(=O)CC1. The van der Waals surface area contributed by atoms with Crippen LogP contribution >= 0.6 is 0 Å². The van der Waals surface area contributed by atoms with Crippen LogP contribution in [-0.2, 0) is 9.84 Å². The number of hydrogen-bond acceptors (Lipinski definition) is 4. The summed E-state index contributed by atoms with van der Waals surface area (Å²) >= 11 is 0. The zero-order chi connectivity index (χ0) is 13.0. The molecule has 6 heteroatoms. The van der Waals surface area contributed by atoms with Crippen molar-refractivity contribution >= 4 is 15.8 Å². The Bertz CT molecular complexity index is 467. The summed E-state index contributed by atoms with van der Waals surface area (Å²) in [6, 6.07) is 0.264. The quantitative estimate of drug-likeness (QED) is 0.830. The first-order valence-corrected chi connectivity index (χ1v) is 8.41. The predicted octanol–water partition coefficient (Wildman–Crippen LogP) is 1.84. The Balaban J connectivity index is 1.99. The molecule has 0 aromatic carbocycles. The van der Waals surface area contributed by atoms with Gasteiger partial charge in [-0.2, -0.15) is 0 Å². The maximum atomic E-state index is 11.4. The van der Waals surface area contributed by atoms with Crippen LogP contribution in [0.4, 0.5) is 5.95 Å². The van der Waals surface area contributed by atoms with E-state index in [1.54, 1.807) is 6.20 Å². The minimum absolute atomic E-state index is 0.264. The van der Waals surface area contributed by atoms with Crippen LogP contribution < -0.4 is 5.32 Å². The smallest absolute Gasteiger partial charge is 0.203 e. The fraction of sp³-hybridized carbons (Fsp3) is 0.750. The van der Waals surface area contributed by atoms with Crippen molar-refractivity contribution in [2.24, 2.45) is 0 Å². The largest absolute Gasteiger partial charge is 0.356 e. The van der Waals surface area contributed by atoms with E-state index < -0.39 is 9.84 Å². The number of hydrogen-bond donors (Lipinski definition) is 1. The van der Waals surface area contributed by atoms with E-state index in [2.05, 4.69) is 21.8 Å². The van der Waals surface area contributed by atoms with Gasteiger partial charge in [0.05, 0.1) is 11.5 Å². The van der Waals surface area contributed by atoms with Crippen LogP contribution in [0.5, 0.6) is 0 Å². The lowest BCUT2D eigenvalue weighted by molar-refractivity contribution is 0.453. The third kappa shape index (κ3) is 3.25. The van der Waals surface area contributed by atoms with Gasteiger partial charge in [0.1, 0.15) is 9.84 Å². The van der Waals surface area contributed by atoms with Gasteiger partial charge in [-0.05, 0) is 19.3 Å². The molecule has 5 nitrogen and oxygen atoms in total. The molecule has 0 atom stereocenters. The zero-order valence-corrected chi connectivity index (χ0v) is 11.6. The van der Waals surface area contributed by atoms with Crippen LogP contribution in [0.1, 0.15) is 38.6 Å². The highest BCUT2D eigenvalue weighted by molar-refractivity contribution is 7.91. The summed E-state index contributed by atoms with van der Waals surface area (Å²) in [5, 5.41) is 3.31. The van der Waals surface area contributed by atoms with Gasteiger partial charge in [0.2, 0.25) is 5.95 Å². The minimum Gasteiger partial charge on any atom is -0.356 e. The molecule has 1 aliphatic heterocycles. The van der Waals surface area contributed by atoms with Gasteiger partial charge >= 0.3 is 0 Å². The van der Waals surface area contributed by atoms with E-state index in [1.165, 1.54) is 0 Å². The van der Waals surface area contributed by atoms with E-state index in [1.807, 2.05) is 6.20 Å². The predicted molar refractivity (Wildman–Crippen MR) is 72.5 cm³/mol. The summed E-state index contributed by atoms with van der Waals surface area (Å²) in [5.74, 6) is 1.46. The third-order valence-electron chi connectivity index (χ3n) is 3.40. The Morgan fingerprint density at radius 3 is 2.83 bits per heavy atom. The summed E-state index contributed by atoms with van der Waals surface area (Å²) in [6.07, 6.45) is 7.37. The molecule has 0 bridgehead atoms.